The number of carbonyl (C=O) groups excluding carboxylic acids is 1. The standard InChI is InChI=1S/C21H36O4/c1-4-5-9-13-18-19(25-21(2,3)24-18)16-15-17-12-10-7-6-8-11-14-20(22)23-17/h15-19H,4-14H2,1-3H3/b16-15+. The number of hydrogen-bond acceptors (Lipinski definition) is 4. The van der Waals surface area contributed by atoms with Gasteiger partial charge in [-0.2, -0.15) is 0 Å². The van der Waals surface area contributed by atoms with Crippen molar-refractivity contribution in [2.45, 2.75) is 115 Å². The van der Waals surface area contributed by atoms with Gasteiger partial charge in [0.05, 0.1) is 6.10 Å². The third-order valence-corrected chi connectivity index (χ3v) is 4.98. The van der Waals surface area contributed by atoms with E-state index in [1.54, 1.807) is 0 Å². The van der Waals surface area contributed by atoms with Gasteiger partial charge in [-0.25, -0.2) is 0 Å². The minimum Gasteiger partial charge on any atom is -0.458 e. The third-order valence-electron chi connectivity index (χ3n) is 4.98. The molecule has 0 radical (unpaired) electrons. The summed E-state index contributed by atoms with van der Waals surface area (Å²) < 4.78 is 17.8. The van der Waals surface area contributed by atoms with Crippen LogP contribution in [0, 0.1) is 0 Å². The van der Waals surface area contributed by atoms with Crippen LogP contribution in [0.3, 0.4) is 0 Å². The second-order valence-corrected chi connectivity index (χ2v) is 7.85. The summed E-state index contributed by atoms with van der Waals surface area (Å²) in [5.41, 5.74) is 0. The van der Waals surface area contributed by atoms with Crippen molar-refractivity contribution in [1.82, 2.24) is 0 Å². The van der Waals surface area contributed by atoms with E-state index in [1.807, 2.05) is 19.9 Å². The number of hydrogen-bond donors (Lipinski definition) is 0. The Morgan fingerprint density at radius 3 is 2.60 bits per heavy atom. The summed E-state index contributed by atoms with van der Waals surface area (Å²) in [7, 11) is 0. The van der Waals surface area contributed by atoms with E-state index in [-0.39, 0.29) is 24.3 Å². The molecule has 144 valence electrons. The highest BCUT2D eigenvalue weighted by atomic mass is 16.7. The third kappa shape index (κ3) is 7.49. The first-order valence-electron chi connectivity index (χ1n) is 10.2. The maximum atomic E-state index is 11.9. The monoisotopic (exact) mass is 352 g/mol. The Kier molecular flexibility index (Phi) is 8.44. The summed E-state index contributed by atoms with van der Waals surface area (Å²) in [4.78, 5) is 11.9. The Bertz CT molecular complexity index is 430. The molecular formula is C21H36O4. The molecule has 0 aliphatic carbocycles. The highest BCUT2D eigenvalue weighted by Gasteiger charge is 2.39. The molecule has 0 amide bonds. The van der Waals surface area contributed by atoms with Gasteiger partial charge in [-0.1, -0.05) is 51.5 Å². The minimum absolute atomic E-state index is 0.0547. The van der Waals surface area contributed by atoms with Crippen LogP contribution in [0.4, 0.5) is 0 Å². The van der Waals surface area contributed by atoms with Gasteiger partial charge in [-0.3, -0.25) is 4.79 Å². The van der Waals surface area contributed by atoms with Crippen molar-refractivity contribution < 1.29 is 19.0 Å². The van der Waals surface area contributed by atoms with Crippen molar-refractivity contribution in [3.63, 3.8) is 0 Å². The predicted molar refractivity (Wildman–Crippen MR) is 99.3 cm³/mol. The summed E-state index contributed by atoms with van der Waals surface area (Å²) >= 11 is 0. The molecule has 4 heteroatoms. The van der Waals surface area contributed by atoms with Gasteiger partial charge in [-0.15, -0.1) is 0 Å². The fourth-order valence-electron chi connectivity index (χ4n) is 3.65. The molecule has 3 unspecified atom stereocenters. The quantitative estimate of drug-likeness (QED) is 0.370. The average Bonchev–Trinajstić information content (AvgIpc) is 2.86. The van der Waals surface area contributed by atoms with Gasteiger partial charge in [0, 0.05) is 6.42 Å². The SMILES string of the molecule is CCCCCC1OC(C)(C)OC1/C=C/C1CCCCCCCC(=O)O1. The molecular weight excluding hydrogens is 316 g/mol. The van der Waals surface area contributed by atoms with E-state index in [1.165, 1.54) is 25.7 Å². The number of unbranched alkanes of at least 4 members (excludes halogenated alkanes) is 2. The van der Waals surface area contributed by atoms with Gasteiger partial charge in [0.2, 0.25) is 0 Å². The highest BCUT2D eigenvalue weighted by molar-refractivity contribution is 5.69. The van der Waals surface area contributed by atoms with E-state index in [2.05, 4.69) is 13.0 Å². The van der Waals surface area contributed by atoms with Gasteiger partial charge >= 0.3 is 5.97 Å². The molecule has 0 bridgehead atoms. The first kappa shape index (κ1) is 20.4. The van der Waals surface area contributed by atoms with Gasteiger partial charge in [0.1, 0.15) is 12.2 Å². The largest absolute Gasteiger partial charge is 0.458 e. The zero-order valence-corrected chi connectivity index (χ0v) is 16.3. The lowest BCUT2D eigenvalue weighted by molar-refractivity contribution is -0.148. The molecule has 2 rings (SSSR count). The highest BCUT2D eigenvalue weighted by Crippen LogP contribution is 2.32. The minimum atomic E-state index is -0.543. The topological polar surface area (TPSA) is 44.8 Å². The van der Waals surface area contributed by atoms with Crippen LogP contribution in [0.25, 0.3) is 0 Å². The fraction of sp³-hybridized carbons (Fsp3) is 0.857. The van der Waals surface area contributed by atoms with Crippen LogP contribution in [-0.4, -0.2) is 30.1 Å². The second kappa shape index (κ2) is 10.3. The second-order valence-electron chi connectivity index (χ2n) is 7.85. The van der Waals surface area contributed by atoms with Crippen LogP contribution in [0.5, 0.6) is 0 Å². The Morgan fingerprint density at radius 2 is 1.80 bits per heavy atom. The summed E-state index contributed by atoms with van der Waals surface area (Å²) in [5.74, 6) is -0.612. The molecule has 2 heterocycles. The van der Waals surface area contributed by atoms with Crippen LogP contribution < -0.4 is 0 Å². The fourth-order valence-corrected chi connectivity index (χ4v) is 3.65. The van der Waals surface area contributed by atoms with E-state index < -0.39 is 5.79 Å². The van der Waals surface area contributed by atoms with Crippen LogP contribution >= 0.6 is 0 Å². The van der Waals surface area contributed by atoms with Gasteiger partial charge in [-0.05, 0) is 45.6 Å². The Morgan fingerprint density at radius 1 is 1.04 bits per heavy atom. The molecule has 25 heavy (non-hydrogen) atoms. The lowest BCUT2D eigenvalue weighted by atomic mass is 10.0. The van der Waals surface area contributed by atoms with Crippen LogP contribution in [0.2, 0.25) is 0 Å². The van der Waals surface area contributed by atoms with E-state index in [4.69, 9.17) is 14.2 Å². The van der Waals surface area contributed by atoms with Gasteiger partial charge in [0.15, 0.2) is 5.79 Å². The molecule has 0 aromatic carbocycles. The Hall–Kier alpha value is -0.870. The number of esters is 1. The first-order chi connectivity index (χ1) is 12.0. The molecule has 0 N–H and O–H groups in total. The molecule has 4 nitrogen and oxygen atoms in total. The van der Waals surface area contributed by atoms with Crippen molar-refractivity contribution in [3.8, 4) is 0 Å². The predicted octanol–water partition coefficient (Wildman–Crippen LogP) is 5.30. The molecule has 0 aromatic heterocycles. The summed E-state index contributed by atoms with van der Waals surface area (Å²) in [6.45, 7) is 6.15. The molecule has 2 aliphatic heterocycles. The smallest absolute Gasteiger partial charge is 0.306 e. The van der Waals surface area contributed by atoms with E-state index in [9.17, 15) is 4.79 Å². The van der Waals surface area contributed by atoms with E-state index in [0.29, 0.717) is 6.42 Å². The Labute approximate surface area is 153 Å². The van der Waals surface area contributed by atoms with Gasteiger partial charge in [0.25, 0.3) is 0 Å². The molecule has 0 saturated carbocycles. The molecule has 2 aliphatic rings. The van der Waals surface area contributed by atoms with Crippen LogP contribution in [0.1, 0.15) is 91.4 Å². The number of ether oxygens (including phenoxy) is 3. The molecule has 2 fully saturated rings. The van der Waals surface area contributed by atoms with Gasteiger partial charge < -0.3 is 14.2 Å². The molecule has 0 aromatic rings. The van der Waals surface area contributed by atoms with E-state index >= 15 is 0 Å². The average molecular weight is 353 g/mol. The van der Waals surface area contributed by atoms with Crippen LogP contribution in [0.15, 0.2) is 12.2 Å². The maximum absolute atomic E-state index is 11.9. The first-order valence-corrected chi connectivity index (χ1v) is 10.2. The number of cyclic esters (lactones) is 1. The summed E-state index contributed by atoms with van der Waals surface area (Å²) in [5, 5.41) is 0. The molecule has 3 atom stereocenters. The normalized spacial score (nSPS) is 31.2. The van der Waals surface area contributed by atoms with E-state index in [0.717, 1.165) is 38.5 Å². The van der Waals surface area contributed by atoms with Crippen molar-refractivity contribution in [1.29, 1.82) is 0 Å². The maximum Gasteiger partial charge on any atom is 0.306 e. The summed E-state index contributed by atoms with van der Waals surface area (Å²) in [6.07, 6.45) is 15.7. The molecule has 0 spiro atoms. The Balaban J connectivity index is 1.93. The zero-order valence-electron chi connectivity index (χ0n) is 16.3. The molecule has 2 saturated heterocycles. The zero-order chi connectivity index (χ0) is 18.1. The number of rotatable bonds is 6. The van der Waals surface area contributed by atoms with Crippen molar-refractivity contribution in [2.24, 2.45) is 0 Å². The van der Waals surface area contributed by atoms with Crippen LogP contribution in [-0.2, 0) is 19.0 Å². The van der Waals surface area contributed by atoms with Crippen molar-refractivity contribution in [3.05, 3.63) is 12.2 Å². The lowest BCUT2D eigenvalue weighted by Gasteiger charge is -2.18. The number of carbonyl (C=O) groups is 1. The lowest BCUT2D eigenvalue weighted by Crippen LogP contribution is -2.22. The van der Waals surface area contributed by atoms with Crippen molar-refractivity contribution in [2.75, 3.05) is 0 Å². The van der Waals surface area contributed by atoms with Crippen molar-refractivity contribution >= 4 is 5.97 Å². The summed E-state index contributed by atoms with van der Waals surface area (Å²) in [6, 6.07) is 0.